The third kappa shape index (κ3) is 4.18. The van der Waals surface area contributed by atoms with Gasteiger partial charge in [0.15, 0.2) is 0 Å². The predicted octanol–water partition coefficient (Wildman–Crippen LogP) is 2.06. The molecule has 1 aromatic heterocycles. The molecular weight excluding hydrogens is 318 g/mol. The average Bonchev–Trinajstić information content (AvgIpc) is 3.04. The molecule has 1 unspecified atom stereocenters. The van der Waals surface area contributed by atoms with Crippen molar-refractivity contribution in [3.63, 3.8) is 0 Å². The van der Waals surface area contributed by atoms with Crippen molar-refractivity contribution < 1.29 is 9.47 Å². The van der Waals surface area contributed by atoms with E-state index in [-0.39, 0.29) is 6.10 Å². The van der Waals surface area contributed by atoms with Crippen LogP contribution in [0.4, 0.5) is 17.5 Å². The molecule has 0 saturated carbocycles. The maximum atomic E-state index is 6.07. The topological polar surface area (TPSA) is 76.7 Å². The van der Waals surface area contributed by atoms with Crippen LogP contribution in [-0.2, 0) is 11.3 Å². The van der Waals surface area contributed by atoms with Crippen molar-refractivity contribution in [2.45, 2.75) is 19.1 Å². The maximum absolute atomic E-state index is 6.07. The van der Waals surface area contributed by atoms with Gasteiger partial charge in [0.1, 0.15) is 11.6 Å². The van der Waals surface area contributed by atoms with E-state index in [9.17, 15) is 0 Å². The molecule has 1 aromatic carbocycles. The molecule has 3 rings (SSSR count). The van der Waals surface area contributed by atoms with E-state index in [4.69, 9.17) is 15.2 Å². The Kier molecular flexibility index (Phi) is 5.35. The minimum atomic E-state index is 0.272. The lowest BCUT2D eigenvalue weighted by molar-refractivity contribution is 0.0473. The van der Waals surface area contributed by atoms with Crippen molar-refractivity contribution in [1.29, 1.82) is 0 Å². The first-order valence-electron chi connectivity index (χ1n) is 8.36. The van der Waals surface area contributed by atoms with E-state index in [0.29, 0.717) is 18.4 Å². The number of ether oxygens (including phenoxy) is 2. The zero-order chi connectivity index (χ0) is 17.8. The number of rotatable bonds is 6. The number of hydrogen-bond donors (Lipinski definition) is 1. The second-order valence-corrected chi connectivity index (χ2v) is 6.32. The highest BCUT2D eigenvalue weighted by molar-refractivity contribution is 5.60. The minimum absolute atomic E-state index is 0.272. The van der Waals surface area contributed by atoms with Crippen LogP contribution in [0.1, 0.15) is 12.0 Å². The number of nitrogens with zero attached hydrogens (tertiary/aromatic N) is 4. The van der Waals surface area contributed by atoms with Crippen LogP contribution in [0.3, 0.4) is 0 Å². The molecule has 0 radical (unpaired) electrons. The first kappa shape index (κ1) is 17.4. The number of benzene rings is 1. The molecule has 2 heterocycles. The molecule has 1 aliphatic heterocycles. The largest absolute Gasteiger partial charge is 0.496 e. The molecule has 134 valence electrons. The molecule has 1 aliphatic rings. The van der Waals surface area contributed by atoms with Gasteiger partial charge in [0.25, 0.3) is 0 Å². The van der Waals surface area contributed by atoms with Crippen molar-refractivity contribution in [3.8, 4) is 5.75 Å². The SMILES string of the molecule is COc1ccc(N(C)c2nccc(N)n2)cc1COC1CCN(C)C1. The van der Waals surface area contributed by atoms with Crippen LogP contribution in [0.25, 0.3) is 0 Å². The fourth-order valence-electron chi connectivity index (χ4n) is 2.96. The Hall–Kier alpha value is -2.38. The van der Waals surface area contributed by atoms with Gasteiger partial charge in [-0.3, -0.25) is 0 Å². The molecule has 7 nitrogen and oxygen atoms in total. The molecule has 2 aromatic rings. The highest BCUT2D eigenvalue weighted by Crippen LogP contribution is 2.28. The Morgan fingerprint density at radius 1 is 1.36 bits per heavy atom. The lowest BCUT2D eigenvalue weighted by Crippen LogP contribution is -2.19. The molecule has 1 atom stereocenters. The summed E-state index contributed by atoms with van der Waals surface area (Å²) in [5.74, 6) is 1.81. The Bertz CT molecular complexity index is 724. The summed E-state index contributed by atoms with van der Waals surface area (Å²) in [6.07, 6.45) is 2.99. The molecule has 0 amide bonds. The lowest BCUT2D eigenvalue weighted by atomic mass is 10.1. The smallest absolute Gasteiger partial charge is 0.231 e. The summed E-state index contributed by atoms with van der Waals surface area (Å²) < 4.78 is 11.6. The van der Waals surface area contributed by atoms with Gasteiger partial charge < -0.3 is 25.0 Å². The normalized spacial score (nSPS) is 17.6. The molecule has 2 N–H and O–H groups in total. The van der Waals surface area contributed by atoms with Crippen LogP contribution in [0.5, 0.6) is 5.75 Å². The van der Waals surface area contributed by atoms with E-state index >= 15 is 0 Å². The van der Waals surface area contributed by atoms with E-state index in [2.05, 4.69) is 21.9 Å². The molecular formula is C18H25N5O2. The van der Waals surface area contributed by atoms with Gasteiger partial charge in [0.05, 0.1) is 19.8 Å². The molecule has 7 heteroatoms. The van der Waals surface area contributed by atoms with Crippen LogP contribution in [-0.4, -0.2) is 55.3 Å². The van der Waals surface area contributed by atoms with Crippen LogP contribution in [0, 0.1) is 0 Å². The standard InChI is InChI=1S/C18H25N5O2/c1-22-9-7-15(11-22)25-12-13-10-14(4-5-16(13)24-3)23(2)18-20-8-6-17(19)21-18/h4-6,8,10,15H,7,9,11-12H2,1-3H3,(H2,19,20,21). The predicted molar refractivity (Wildman–Crippen MR) is 98.2 cm³/mol. The fraction of sp³-hybridized carbons (Fsp3) is 0.444. The van der Waals surface area contributed by atoms with Gasteiger partial charge in [0, 0.05) is 37.6 Å². The van der Waals surface area contributed by atoms with Gasteiger partial charge in [-0.05, 0) is 37.7 Å². The Labute approximate surface area is 148 Å². The zero-order valence-corrected chi connectivity index (χ0v) is 15.0. The summed E-state index contributed by atoms with van der Waals surface area (Å²) in [6.45, 7) is 2.57. The quantitative estimate of drug-likeness (QED) is 0.860. The number of likely N-dealkylation sites (tertiary alicyclic amines) is 1. The summed E-state index contributed by atoms with van der Waals surface area (Å²) >= 11 is 0. The molecule has 0 aliphatic carbocycles. The number of aromatic nitrogens is 2. The van der Waals surface area contributed by atoms with Crippen molar-refractivity contribution in [1.82, 2.24) is 14.9 Å². The summed E-state index contributed by atoms with van der Waals surface area (Å²) in [5.41, 5.74) is 7.71. The second-order valence-electron chi connectivity index (χ2n) is 6.32. The third-order valence-electron chi connectivity index (χ3n) is 4.44. The van der Waals surface area contributed by atoms with Gasteiger partial charge in [0.2, 0.25) is 5.95 Å². The van der Waals surface area contributed by atoms with Gasteiger partial charge in [-0.2, -0.15) is 4.98 Å². The van der Waals surface area contributed by atoms with Crippen molar-refractivity contribution in [3.05, 3.63) is 36.0 Å². The van der Waals surface area contributed by atoms with Crippen molar-refractivity contribution >= 4 is 17.5 Å². The van der Waals surface area contributed by atoms with Crippen molar-refractivity contribution in [2.24, 2.45) is 0 Å². The first-order valence-corrected chi connectivity index (χ1v) is 8.36. The molecule has 0 spiro atoms. The van der Waals surface area contributed by atoms with Crippen LogP contribution >= 0.6 is 0 Å². The van der Waals surface area contributed by atoms with Crippen LogP contribution < -0.4 is 15.4 Å². The summed E-state index contributed by atoms with van der Waals surface area (Å²) in [4.78, 5) is 12.7. The Balaban J connectivity index is 1.77. The highest BCUT2D eigenvalue weighted by atomic mass is 16.5. The number of anilines is 3. The maximum Gasteiger partial charge on any atom is 0.231 e. The average molecular weight is 343 g/mol. The van der Waals surface area contributed by atoms with Crippen molar-refractivity contribution in [2.75, 3.05) is 44.9 Å². The number of likely N-dealkylation sites (N-methyl/N-ethyl adjacent to an activating group) is 1. The third-order valence-corrected chi connectivity index (χ3v) is 4.44. The summed E-state index contributed by atoms with van der Waals surface area (Å²) in [5, 5.41) is 0. The Morgan fingerprint density at radius 2 is 2.20 bits per heavy atom. The van der Waals surface area contributed by atoms with E-state index in [1.54, 1.807) is 19.4 Å². The summed E-state index contributed by atoms with van der Waals surface area (Å²) in [6, 6.07) is 7.63. The van der Waals surface area contributed by atoms with E-state index in [1.165, 1.54) is 0 Å². The molecule has 25 heavy (non-hydrogen) atoms. The van der Waals surface area contributed by atoms with Gasteiger partial charge in [-0.1, -0.05) is 0 Å². The number of methoxy groups -OCH3 is 1. The number of hydrogen-bond acceptors (Lipinski definition) is 7. The van der Waals surface area contributed by atoms with E-state index in [1.807, 2.05) is 30.1 Å². The summed E-state index contributed by atoms with van der Waals surface area (Å²) in [7, 11) is 5.70. The minimum Gasteiger partial charge on any atom is -0.496 e. The molecule has 1 fully saturated rings. The van der Waals surface area contributed by atoms with E-state index in [0.717, 1.165) is 36.5 Å². The van der Waals surface area contributed by atoms with Crippen LogP contribution in [0.2, 0.25) is 0 Å². The lowest BCUT2D eigenvalue weighted by Gasteiger charge is -2.20. The number of nitrogen functional groups attached to an aromatic ring is 1. The first-order chi connectivity index (χ1) is 12.1. The molecule has 0 bridgehead atoms. The van der Waals surface area contributed by atoms with Gasteiger partial charge >= 0.3 is 0 Å². The second kappa shape index (κ2) is 7.67. The van der Waals surface area contributed by atoms with Gasteiger partial charge in [-0.25, -0.2) is 4.98 Å². The van der Waals surface area contributed by atoms with Gasteiger partial charge in [-0.15, -0.1) is 0 Å². The fourth-order valence-corrected chi connectivity index (χ4v) is 2.96. The highest BCUT2D eigenvalue weighted by Gasteiger charge is 2.20. The van der Waals surface area contributed by atoms with Crippen LogP contribution in [0.15, 0.2) is 30.5 Å². The monoisotopic (exact) mass is 343 g/mol. The molecule has 1 saturated heterocycles. The van der Waals surface area contributed by atoms with E-state index < -0.39 is 0 Å². The number of nitrogens with two attached hydrogens (primary N) is 1. The zero-order valence-electron chi connectivity index (χ0n) is 15.0. The Morgan fingerprint density at radius 3 is 2.88 bits per heavy atom.